The molecule has 0 atom stereocenters. The van der Waals surface area contributed by atoms with Crippen molar-refractivity contribution in [1.82, 2.24) is 14.8 Å². The first-order valence-electron chi connectivity index (χ1n) is 11.8. The lowest BCUT2D eigenvalue weighted by molar-refractivity contribution is -0.113. The summed E-state index contributed by atoms with van der Waals surface area (Å²) in [4.78, 5) is 38.0. The fraction of sp³-hybridized carbons (Fsp3) is 0.400. The molecule has 198 valence electrons. The second kappa shape index (κ2) is 13.2. The number of rotatable bonds is 12. The van der Waals surface area contributed by atoms with E-state index in [0.717, 1.165) is 28.5 Å². The number of hydrogen-bond donors (Lipinski definition) is 1. The molecule has 0 fully saturated rings. The van der Waals surface area contributed by atoms with Crippen LogP contribution in [0.15, 0.2) is 29.4 Å². The summed E-state index contributed by atoms with van der Waals surface area (Å²) in [5, 5.41) is 12.2. The maximum atomic E-state index is 12.8. The molecule has 0 spiro atoms. The molecule has 2 heterocycles. The largest absolute Gasteiger partial charge is 0.497 e. The van der Waals surface area contributed by atoms with Crippen molar-refractivity contribution in [1.29, 1.82) is 0 Å². The van der Waals surface area contributed by atoms with Crippen molar-refractivity contribution in [2.24, 2.45) is 0 Å². The van der Waals surface area contributed by atoms with Crippen LogP contribution in [-0.4, -0.2) is 58.7 Å². The molecule has 0 saturated carbocycles. The minimum Gasteiger partial charge on any atom is -0.497 e. The number of esters is 2. The van der Waals surface area contributed by atoms with Crippen LogP contribution >= 0.6 is 23.1 Å². The first-order chi connectivity index (χ1) is 17.8. The van der Waals surface area contributed by atoms with Crippen molar-refractivity contribution in [3.63, 3.8) is 0 Å². The quantitative estimate of drug-likeness (QED) is 0.261. The van der Waals surface area contributed by atoms with Crippen molar-refractivity contribution in [2.75, 3.05) is 31.4 Å². The van der Waals surface area contributed by atoms with Gasteiger partial charge in [-0.25, -0.2) is 9.59 Å². The zero-order chi connectivity index (χ0) is 26.9. The number of carbonyl (C=O) groups is 3. The Morgan fingerprint density at radius 3 is 2.32 bits per heavy atom. The lowest BCUT2D eigenvalue weighted by Crippen LogP contribution is -2.17. The van der Waals surface area contributed by atoms with Gasteiger partial charge in [0.2, 0.25) is 5.91 Å². The van der Waals surface area contributed by atoms with E-state index >= 15 is 0 Å². The van der Waals surface area contributed by atoms with E-state index < -0.39 is 11.9 Å². The topological polar surface area (TPSA) is 122 Å². The first kappa shape index (κ1) is 28.2. The molecular weight excluding hydrogens is 516 g/mol. The van der Waals surface area contributed by atoms with E-state index in [-0.39, 0.29) is 40.3 Å². The average Bonchev–Trinajstić information content (AvgIpc) is 3.42. The molecule has 1 amide bonds. The second-order valence-electron chi connectivity index (χ2n) is 7.71. The van der Waals surface area contributed by atoms with Crippen LogP contribution in [0.2, 0.25) is 0 Å². The maximum absolute atomic E-state index is 12.8. The van der Waals surface area contributed by atoms with Gasteiger partial charge in [-0.2, -0.15) is 0 Å². The van der Waals surface area contributed by atoms with Crippen molar-refractivity contribution in [3.8, 4) is 5.75 Å². The zero-order valence-corrected chi connectivity index (χ0v) is 23.1. The normalized spacial score (nSPS) is 10.7. The van der Waals surface area contributed by atoms with Gasteiger partial charge < -0.3 is 24.1 Å². The number of thiophene rings is 1. The molecule has 2 aromatic heterocycles. The number of hydrogen-bond acceptors (Lipinski definition) is 10. The van der Waals surface area contributed by atoms with Crippen LogP contribution in [0.3, 0.4) is 0 Å². The van der Waals surface area contributed by atoms with Crippen LogP contribution in [0.4, 0.5) is 5.00 Å². The number of ether oxygens (including phenoxy) is 3. The molecule has 0 aliphatic carbocycles. The maximum Gasteiger partial charge on any atom is 0.348 e. The number of carbonyl (C=O) groups excluding carboxylic acids is 3. The van der Waals surface area contributed by atoms with Crippen LogP contribution in [0, 0.1) is 6.92 Å². The average molecular weight is 547 g/mol. The third-order valence-electron chi connectivity index (χ3n) is 5.30. The predicted octanol–water partition coefficient (Wildman–Crippen LogP) is 4.35. The standard InChI is InChI=1S/C25H30N4O6S2/c1-6-29-18(13-16-9-11-17(33-5)12-10-16)27-28-25(29)36-14-19(30)26-22-20(23(31)34-7-2)15(4)21(37-22)24(32)35-8-3/h9-12H,6-8,13-14H2,1-5H3,(H,26,30). The van der Waals surface area contributed by atoms with Crippen molar-refractivity contribution >= 4 is 45.9 Å². The molecular formula is C25H30N4O6S2. The second-order valence-corrected chi connectivity index (χ2v) is 9.67. The van der Waals surface area contributed by atoms with E-state index in [4.69, 9.17) is 14.2 Å². The van der Waals surface area contributed by atoms with E-state index in [0.29, 0.717) is 23.7 Å². The highest BCUT2D eigenvalue weighted by Gasteiger charge is 2.27. The van der Waals surface area contributed by atoms with Gasteiger partial charge in [-0.15, -0.1) is 21.5 Å². The molecule has 3 aromatic rings. The number of thioether (sulfide) groups is 1. The Balaban J connectivity index is 1.72. The Kier molecular flexibility index (Phi) is 10.1. The van der Waals surface area contributed by atoms with Gasteiger partial charge in [-0.1, -0.05) is 23.9 Å². The van der Waals surface area contributed by atoms with Crippen LogP contribution in [0.25, 0.3) is 0 Å². The first-order valence-corrected chi connectivity index (χ1v) is 13.6. The van der Waals surface area contributed by atoms with Gasteiger partial charge in [0.1, 0.15) is 21.5 Å². The third kappa shape index (κ3) is 6.89. The Hall–Kier alpha value is -3.38. The summed E-state index contributed by atoms with van der Waals surface area (Å²) >= 11 is 2.24. The highest BCUT2D eigenvalue weighted by molar-refractivity contribution is 7.99. The van der Waals surface area contributed by atoms with Gasteiger partial charge in [0, 0.05) is 13.0 Å². The van der Waals surface area contributed by atoms with Gasteiger partial charge in [0.25, 0.3) is 0 Å². The molecule has 1 N–H and O–H groups in total. The molecule has 3 rings (SSSR count). The molecule has 0 unspecified atom stereocenters. The molecule has 37 heavy (non-hydrogen) atoms. The Morgan fingerprint density at radius 1 is 1.03 bits per heavy atom. The summed E-state index contributed by atoms with van der Waals surface area (Å²) in [6, 6.07) is 7.74. The Labute approximate surface area is 223 Å². The number of methoxy groups -OCH3 is 1. The van der Waals surface area contributed by atoms with E-state index in [9.17, 15) is 14.4 Å². The van der Waals surface area contributed by atoms with Crippen LogP contribution < -0.4 is 10.1 Å². The van der Waals surface area contributed by atoms with Crippen LogP contribution in [-0.2, 0) is 27.2 Å². The lowest BCUT2D eigenvalue weighted by atomic mass is 10.1. The summed E-state index contributed by atoms with van der Waals surface area (Å²) in [5.74, 6) is 0.0934. The minimum atomic E-state index is -0.608. The zero-order valence-electron chi connectivity index (χ0n) is 21.5. The fourth-order valence-corrected chi connectivity index (χ4v) is 5.46. The number of anilines is 1. The van der Waals surface area contributed by atoms with Gasteiger partial charge in [-0.05, 0) is 51.0 Å². The molecule has 12 heteroatoms. The van der Waals surface area contributed by atoms with E-state index in [2.05, 4.69) is 15.5 Å². The van der Waals surface area contributed by atoms with Crippen molar-refractivity contribution in [3.05, 3.63) is 51.7 Å². The summed E-state index contributed by atoms with van der Waals surface area (Å²) in [6.45, 7) is 8.01. The minimum absolute atomic E-state index is 0.0363. The SMILES string of the molecule is CCOC(=O)c1sc(NC(=O)CSc2nnc(Cc3ccc(OC)cc3)n2CC)c(C(=O)OCC)c1C. The molecule has 0 radical (unpaired) electrons. The number of nitrogens with zero attached hydrogens (tertiary/aromatic N) is 3. The molecule has 0 aliphatic heterocycles. The fourth-order valence-electron chi connectivity index (χ4n) is 3.53. The monoisotopic (exact) mass is 546 g/mol. The van der Waals surface area contributed by atoms with Gasteiger partial charge >= 0.3 is 11.9 Å². The number of nitrogens with one attached hydrogen (secondary N) is 1. The van der Waals surface area contributed by atoms with Gasteiger partial charge in [0.05, 0.1) is 31.6 Å². The highest BCUT2D eigenvalue weighted by Crippen LogP contribution is 2.34. The van der Waals surface area contributed by atoms with E-state index in [1.165, 1.54) is 11.8 Å². The summed E-state index contributed by atoms with van der Waals surface area (Å²) in [6.07, 6.45) is 0.589. The van der Waals surface area contributed by atoms with Crippen LogP contribution in [0.1, 0.15) is 57.8 Å². The van der Waals surface area contributed by atoms with Gasteiger partial charge in [0.15, 0.2) is 5.16 Å². The number of benzene rings is 1. The van der Waals surface area contributed by atoms with E-state index in [1.54, 1.807) is 27.9 Å². The molecule has 1 aromatic carbocycles. The predicted molar refractivity (Wildman–Crippen MR) is 142 cm³/mol. The number of amides is 1. The Morgan fingerprint density at radius 2 is 1.70 bits per heavy atom. The smallest absolute Gasteiger partial charge is 0.348 e. The van der Waals surface area contributed by atoms with Crippen molar-refractivity contribution in [2.45, 2.75) is 45.8 Å². The molecule has 0 saturated heterocycles. The lowest BCUT2D eigenvalue weighted by Gasteiger charge is -2.09. The van der Waals surface area contributed by atoms with Crippen LogP contribution in [0.5, 0.6) is 5.75 Å². The summed E-state index contributed by atoms with van der Waals surface area (Å²) in [7, 11) is 1.62. The molecule has 0 aliphatic rings. The molecule has 0 bridgehead atoms. The van der Waals surface area contributed by atoms with Crippen molar-refractivity contribution < 1.29 is 28.6 Å². The summed E-state index contributed by atoms with van der Waals surface area (Å²) < 4.78 is 17.4. The van der Waals surface area contributed by atoms with Gasteiger partial charge in [-0.3, -0.25) is 4.79 Å². The third-order valence-corrected chi connectivity index (χ3v) is 7.46. The van der Waals surface area contributed by atoms with E-state index in [1.807, 2.05) is 35.8 Å². The Bertz CT molecular complexity index is 1250. The summed E-state index contributed by atoms with van der Waals surface area (Å²) in [5.41, 5.74) is 1.64. The highest BCUT2D eigenvalue weighted by atomic mass is 32.2. The number of aromatic nitrogens is 3. The molecule has 10 nitrogen and oxygen atoms in total.